The highest BCUT2D eigenvalue weighted by Crippen LogP contribution is 2.22. The van der Waals surface area contributed by atoms with E-state index in [1.165, 1.54) is 0 Å². The van der Waals surface area contributed by atoms with Gasteiger partial charge in [-0.3, -0.25) is 4.79 Å². The van der Waals surface area contributed by atoms with E-state index in [9.17, 15) is 9.90 Å². The molecule has 1 unspecified atom stereocenters. The van der Waals surface area contributed by atoms with Gasteiger partial charge in [0.15, 0.2) is 0 Å². The van der Waals surface area contributed by atoms with Gasteiger partial charge in [0.05, 0.1) is 6.54 Å². The lowest BCUT2D eigenvalue weighted by molar-refractivity contribution is -0.126. The molecular weight excluding hydrogens is 306 g/mol. The molecule has 0 saturated heterocycles. The molecular formula is C15H22BrNO2. The average molecular weight is 328 g/mol. The molecule has 1 aromatic rings. The Hall–Kier alpha value is -0.870. The van der Waals surface area contributed by atoms with Gasteiger partial charge < -0.3 is 10.4 Å². The van der Waals surface area contributed by atoms with Crippen LogP contribution in [0.25, 0.3) is 0 Å². The van der Waals surface area contributed by atoms with Crippen molar-refractivity contribution < 1.29 is 9.90 Å². The van der Waals surface area contributed by atoms with Crippen LogP contribution in [0.1, 0.15) is 39.2 Å². The lowest BCUT2D eigenvalue weighted by atomic mass is 9.95. The van der Waals surface area contributed by atoms with Gasteiger partial charge in [-0.1, -0.05) is 41.9 Å². The minimum absolute atomic E-state index is 0.0161. The van der Waals surface area contributed by atoms with Crippen LogP contribution in [0.15, 0.2) is 28.7 Å². The fraction of sp³-hybridized carbons (Fsp3) is 0.533. The standard InChI is InChI=1S/C15H22BrNO2/c1-4-11(5-2)14(18)17-10-15(3,19)12-6-8-13(16)9-7-12/h6-9,11,19H,4-5,10H2,1-3H3,(H,17,18). The van der Waals surface area contributed by atoms with Crippen molar-refractivity contribution in [3.63, 3.8) is 0 Å². The van der Waals surface area contributed by atoms with Crippen LogP contribution in [0.2, 0.25) is 0 Å². The molecule has 2 N–H and O–H groups in total. The second-order valence-corrected chi connectivity index (χ2v) is 5.93. The van der Waals surface area contributed by atoms with Crippen LogP contribution in [0, 0.1) is 5.92 Å². The Morgan fingerprint density at radius 1 is 1.32 bits per heavy atom. The molecule has 19 heavy (non-hydrogen) atoms. The Bertz CT molecular complexity index is 411. The summed E-state index contributed by atoms with van der Waals surface area (Å²) in [5.74, 6) is 0.0445. The van der Waals surface area contributed by atoms with Crippen molar-refractivity contribution in [1.29, 1.82) is 0 Å². The number of benzene rings is 1. The van der Waals surface area contributed by atoms with Crippen LogP contribution in [-0.4, -0.2) is 17.6 Å². The maximum Gasteiger partial charge on any atom is 0.223 e. The van der Waals surface area contributed by atoms with Crippen LogP contribution < -0.4 is 5.32 Å². The summed E-state index contributed by atoms with van der Waals surface area (Å²) in [6, 6.07) is 7.47. The molecule has 3 nitrogen and oxygen atoms in total. The zero-order chi connectivity index (χ0) is 14.5. The summed E-state index contributed by atoms with van der Waals surface area (Å²) in [5, 5.41) is 13.3. The first-order valence-corrected chi connectivity index (χ1v) is 7.46. The third-order valence-electron chi connectivity index (χ3n) is 3.43. The smallest absolute Gasteiger partial charge is 0.223 e. The number of halogens is 1. The monoisotopic (exact) mass is 327 g/mol. The molecule has 0 saturated carbocycles. The maximum absolute atomic E-state index is 11.9. The fourth-order valence-corrected chi connectivity index (χ4v) is 2.24. The van der Waals surface area contributed by atoms with Crippen molar-refractivity contribution in [3.8, 4) is 0 Å². The van der Waals surface area contributed by atoms with E-state index in [-0.39, 0.29) is 18.4 Å². The summed E-state index contributed by atoms with van der Waals surface area (Å²) in [7, 11) is 0. The van der Waals surface area contributed by atoms with Crippen molar-refractivity contribution in [1.82, 2.24) is 5.32 Å². The van der Waals surface area contributed by atoms with Crippen molar-refractivity contribution in [3.05, 3.63) is 34.3 Å². The van der Waals surface area contributed by atoms with Gasteiger partial charge >= 0.3 is 0 Å². The third-order valence-corrected chi connectivity index (χ3v) is 3.96. The van der Waals surface area contributed by atoms with Crippen molar-refractivity contribution >= 4 is 21.8 Å². The van der Waals surface area contributed by atoms with E-state index in [1.807, 2.05) is 38.1 Å². The summed E-state index contributed by atoms with van der Waals surface area (Å²) in [5.41, 5.74) is -0.261. The molecule has 0 spiro atoms. The van der Waals surface area contributed by atoms with Crippen molar-refractivity contribution in [2.45, 2.75) is 39.2 Å². The highest BCUT2D eigenvalue weighted by Gasteiger charge is 2.25. The highest BCUT2D eigenvalue weighted by molar-refractivity contribution is 9.10. The highest BCUT2D eigenvalue weighted by atomic mass is 79.9. The van der Waals surface area contributed by atoms with Crippen molar-refractivity contribution in [2.24, 2.45) is 5.92 Å². The molecule has 0 bridgehead atoms. The van der Waals surface area contributed by atoms with Crippen LogP contribution in [-0.2, 0) is 10.4 Å². The first-order chi connectivity index (χ1) is 8.90. The van der Waals surface area contributed by atoms with Gasteiger partial charge in [-0.05, 0) is 37.5 Å². The zero-order valence-electron chi connectivity index (χ0n) is 11.7. The summed E-state index contributed by atoms with van der Waals surface area (Å²) in [4.78, 5) is 11.9. The lowest BCUT2D eigenvalue weighted by Gasteiger charge is -2.25. The Kier molecular flexibility index (Phi) is 6.01. The molecule has 0 radical (unpaired) electrons. The van der Waals surface area contributed by atoms with E-state index in [0.717, 1.165) is 22.9 Å². The zero-order valence-corrected chi connectivity index (χ0v) is 13.3. The van der Waals surface area contributed by atoms with Crippen LogP contribution in [0.3, 0.4) is 0 Å². The van der Waals surface area contributed by atoms with E-state index in [0.29, 0.717) is 0 Å². The number of hydrogen-bond donors (Lipinski definition) is 2. The first kappa shape index (κ1) is 16.2. The van der Waals surface area contributed by atoms with Gasteiger partial charge in [0.25, 0.3) is 0 Å². The van der Waals surface area contributed by atoms with Crippen molar-refractivity contribution in [2.75, 3.05) is 6.54 Å². The van der Waals surface area contributed by atoms with Gasteiger partial charge in [0.1, 0.15) is 5.60 Å². The molecule has 0 aliphatic heterocycles. The summed E-state index contributed by atoms with van der Waals surface area (Å²) in [6.45, 7) is 5.94. The summed E-state index contributed by atoms with van der Waals surface area (Å²) >= 11 is 3.36. The predicted molar refractivity (Wildman–Crippen MR) is 80.8 cm³/mol. The Labute approximate surface area is 123 Å². The molecule has 0 aromatic heterocycles. The van der Waals surface area contributed by atoms with Gasteiger partial charge in [-0.25, -0.2) is 0 Å². The SMILES string of the molecule is CCC(CC)C(=O)NCC(C)(O)c1ccc(Br)cc1. The second kappa shape index (κ2) is 7.06. The Morgan fingerprint density at radius 3 is 2.32 bits per heavy atom. The second-order valence-electron chi connectivity index (χ2n) is 5.01. The third kappa shape index (κ3) is 4.62. The molecule has 1 atom stereocenters. The molecule has 0 fully saturated rings. The number of aliphatic hydroxyl groups is 1. The summed E-state index contributed by atoms with van der Waals surface area (Å²) < 4.78 is 0.966. The number of rotatable bonds is 6. The molecule has 1 rings (SSSR count). The van der Waals surface area contributed by atoms with E-state index >= 15 is 0 Å². The lowest BCUT2D eigenvalue weighted by Crippen LogP contribution is -2.41. The molecule has 106 valence electrons. The molecule has 0 heterocycles. The fourth-order valence-electron chi connectivity index (χ4n) is 1.97. The molecule has 1 amide bonds. The minimum atomic E-state index is -1.05. The number of amides is 1. The topological polar surface area (TPSA) is 49.3 Å². The van der Waals surface area contributed by atoms with E-state index < -0.39 is 5.60 Å². The Balaban J connectivity index is 2.65. The largest absolute Gasteiger partial charge is 0.384 e. The van der Waals surface area contributed by atoms with Crippen LogP contribution >= 0.6 is 15.9 Å². The quantitative estimate of drug-likeness (QED) is 0.842. The van der Waals surface area contributed by atoms with E-state index in [1.54, 1.807) is 6.92 Å². The normalized spacial score (nSPS) is 14.2. The van der Waals surface area contributed by atoms with Gasteiger partial charge in [-0.2, -0.15) is 0 Å². The summed E-state index contributed by atoms with van der Waals surface area (Å²) in [6.07, 6.45) is 1.64. The van der Waals surface area contributed by atoms with E-state index in [2.05, 4.69) is 21.2 Å². The molecule has 0 aliphatic carbocycles. The number of hydrogen-bond acceptors (Lipinski definition) is 2. The Morgan fingerprint density at radius 2 is 1.84 bits per heavy atom. The molecule has 1 aromatic carbocycles. The van der Waals surface area contributed by atoms with Crippen LogP contribution in [0.4, 0.5) is 0 Å². The average Bonchev–Trinajstić information content (AvgIpc) is 2.38. The number of carbonyl (C=O) groups excluding carboxylic acids is 1. The van der Waals surface area contributed by atoms with Crippen LogP contribution in [0.5, 0.6) is 0 Å². The van der Waals surface area contributed by atoms with Gasteiger partial charge in [-0.15, -0.1) is 0 Å². The maximum atomic E-state index is 11.9. The van der Waals surface area contributed by atoms with E-state index in [4.69, 9.17) is 0 Å². The molecule has 0 aliphatic rings. The van der Waals surface area contributed by atoms with Gasteiger partial charge in [0.2, 0.25) is 5.91 Å². The number of carbonyl (C=O) groups is 1. The van der Waals surface area contributed by atoms with Gasteiger partial charge in [0, 0.05) is 10.4 Å². The first-order valence-electron chi connectivity index (χ1n) is 6.66. The minimum Gasteiger partial charge on any atom is -0.384 e. The predicted octanol–water partition coefficient (Wildman–Crippen LogP) is 3.21. The number of nitrogens with one attached hydrogen (secondary N) is 1. The molecule has 4 heteroatoms.